The summed E-state index contributed by atoms with van der Waals surface area (Å²) in [4.78, 5) is 20.7. The van der Waals surface area contributed by atoms with Crippen molar-refractivity contribution in [3.8, 4) is 0 Å². The Morgan fingerprint density at radius 3 is 1.14 bits per heavy atom. The molecule has 0 aliphatic heterocycles. The molecule has 0 saturated carbocycles. The summed E-state index contributed by atoms with van der Waals surface area (Å²) >= 11 is 0. The summed E-state index contributed by atoms with van der Waals surface area (Å²) in [5, 5.41) is -3.73. The van der Waals surface area contributed by atoms with Gasteiger partial charge in [-0.15, -0.1) is 0 Å². The molecule has 0 bridgehead atoms. The van der Waals surface area contributed by atoms with Gasteiger partial charge < -0.3 is 0 Å². The Kier molecular flexibility index (Phi) is 3.65. The normalized spacial score (nSPS) is 13.0. The van der Waals surface area contributed by atoms with Gasteiger partial charge in [-0.1, -0.05) is 0 Å². The zero-order chi connectivity index (χ0) is 11.6. The Labute approximate surface area is 78.7 Å². The third-order valence-electron chi connectivity index (χ3n) is 0.864. The second kappa shape index (κ2) is 3.96. The van der Waals surface area contributed by atoms with Crippen LogP contribution in [0.3, 0.4) is 0 Å². The number of carbonyl (C=O) groups excluding carboxylic acids is 2. The molecule has 0 radical (unpaired) electrons. The average molecular weight is 244 g/mol. The Hall–Kier alpha value is -1.10. The van der Waals surface area contributed by atoms with E-state index in [2.05, 4.69) is 0 Å². The molecule has 0 saturated heterocycles. The van der Waals surface area contributed by atoms with Crippen molar-refractivity contribution in [1.82, 2.24) is 0 Å². The maximum absolute atomic E-state index is 10.3. The van der Waals surface area contributed by atoms with Crippen molar-refractivity contribution >= 4 is 30.5 Å². The Bertz CT molecular complexity index is 431. The minimum Gasteiger partial charge on any atom is -0.279 e. The zero-order valence-corrected chi connectivity index (χ0v) is 7.95. The summed E-state index contributed by atoms with van der Waals surface area (Å²) < 4.78 is 56.2. The SMILES string of the molecule is O=C(/C=C\C(=O)S(=O)(=O)O)S(=O)(=O)O. The van der Waals surface area contributed by atoms with Crippen LogP contribution < -0.4 is 0 Å². The molecule has 0 unspecified atom stereocenters. The smallest absolute Gasteiger partial charge is 0.279 e. The van der Waals surface area contributed by atoms with Crippen LogP contribution in [0, 0.1) is 0 Å². The molecule has 14 heavy (non-hydrogen) atoms. The van der Waals surface area contributed by atoms with Crippen LogP contribution in [0.25, 0.3) is 0 Å². The van der Waals surface area contributed by atoms with Crippen molar-refractivity contribution in [3.05, 3.63) is 12.2 Å². The van der Waals surface area contributed by atoms with Gasteiger partial charge in [0.15, 0.2) is 0 Å². The highest BCUT2D eigenvalue weighted by Crippen LogP contribution is 1.92. The Morgan fingerprint density at radius 1 is 0.786 bits per heavy atom. The standard InChI is InChI=1S/C4H4O8S2/c5-3(13(7,8)9)1-2-4(6)14(10,11)12/h1-2H,(H,7,8,9)(H,10,11,12)/b2-1-. The second-order valence-corrected chi connectivity index (χ2v) is 4.63. The third kappa shape index (κ3) is 4.23. The van der Waals surface area contributed by atoms with Gasteiger partial charge in [-0.2, -0.15) is 16.8 Å². The van der Waals surface area contributed by atoms with E-state index in [0.717, 1.165) is 0 Å². The molecule has 0 spiro atoms. The number of carbonyl (C=O) groups is 2. The van der Waals surface area contributed by atoms with Crippen molar-refractivity contribution in [2.75, 3.05) is 0 Å². The molecule has 8 nitrogen and oxygen atoms in total. The maximum Gasteiger partial charge on any atom is 0.332 e. The van der Waals surface area contributed by atoms with Crippen LogP contribution >= 0.6 is 0 Å². The molecule has 10 heteroatoms. The minimum absolute atomic E-state index is 0.00539. The molecular formula is C4H4O8S2. The Morgan fingerprint density at radius 2 is 1.00 bits per heavy atom. The molecule has 80 valence electrons. The van der Waals surface area contributed by atoms with Crippen LogP contribution in [0.15, 0.2) is 12.2 Å². The predicted octanol–water partition coefficient (Wildman–Crippen LogP) is -1.63. The highest BCUT2D eigenvalue weighted by molar-refractivity contribution is 8.02. The van der Waals surface area contributed by atoms with Gasteiger partial charge in [0, 0.05) is 12.2 Å². The van der Waals surface area contributed by atoms with Gasteiger partial charge in [-0.3, -0.25) is 18.7 Å². The fraction of sp³-hybridized carbons (Fsp3) is 0. The zero-order valence-electron chi connectivity index (χ0n) is 6.32. The minimum atomic E-state index is -5.00. The summed E-state index contributed by atoms with van der Waals surface area (Å²) in [5.41, 5.74) is 0. The maximum atomic E-state index is 10.3. The van der Waals surface area contributed by atoms with E-state index in [1.807, 2.05) is 0 Å². The lowest BCUT2D eigenvalue weighted by molar-refractivity contribution is -0.110. The van der Waals surface area contributed by atoms with Crippen molar-refractivity contribution in [3.63, 3.8) is 0 Å². The molecule has 0 fully saturated rings. The van der Waals surface area contributed by atoms with Crippen LogP contribution in [0.5, 0.6) is 0 Å². The van der Waals surface area contributed by atoms with Gasteiger partial charge >= 0.3 is 20.2 Å². The monoisotopic (exact) mass is 244 g/mol. The fourth-order valence-electron chi connectivity index (χ4n) is 0.308. The third-order valence-corrected chi connectivity index (χ3v) is 2.15. The lowest BCUT2D eigenvalue weighted by Crippen LogP contribution is -2.13. The molecule has 0 rings (SSSR count). The molecule has 0 aliphatic rings. The first kappa shape index (κ1) is 12.9. The number of hydrogen-bond donors (Lipinski definition) is 2. The first-order chi connectivity index (χ1) is 6.05. The second-order valence-electron chi connectivity index (χ2n) is 1.92. The predicted molar refractivity (Wildman–Crippen MR) is 42.3 cm³/mol. The molecule has 0 atom stereocenters. The molecule has 0 aromatic rings. The van der Waals surface area contributed by atoms with Crippen LogP contribution in [-0.4, -0.2) is 36.2 Å². The summed E-state index contributed by atoms with van der Waals surface area (Å²) in [6.07, 6.45) is 0.0108. The summed E-state index contributed by atoms with van der Waals surface area (Å²) in [5.74, 6) is 0. The summed E-state index contributed by atoms with van der Waals surface area (Å²) in [6.45, 7) is 0. The van der Waals surface area contributed by atoms with E-state index >= 15 is 0 Å². The van der Waals surface area contributed by atoms with E-state index in [1.165, 1.54) is 0 Å². The van der Waals surface area contributed by atoms with Crippen molar-refractivity contribution in [1.29, 1.82) is 0 Å². The molecule has 0 aromatic carbocycles. The average Bonchev–Trinajstić information content (AvgIpc) is 1.95. The van der Waals surface area contributed by atoms with E-state index < -0.39 is 30.5 Å². The van der Waals surface area contributed by atoms with E-state index in [9.17, 15) is 26.4 Å². The number of rotatable bonds is 2. The fourth-order valence-corrected chi connectivity index (χ4v) is 0.788. The summed E-state index contributed by atoms with van der Waals surface area (Å²) in [7, 11) is -10.00. The molecular weight excluding hydrogens is 240 g/mol. The Balaban J connectivity index is 4.83. The largest absolute Gasteiger partial charge is 0.332 e. The molecule has 2 N–H and O–H groups in total. The van der Waals surface area contributed by atoms with Crippen LogP contribution in [-0.2, 0) is 29.8 Å². The molecule has 0 aliphatic carbocycles. The van der Waals surface area contributed by atoms with E-state index in [4.69, 9.17) is 9.11 Å². The van der Waals surface area contributed by atoms with E-state index in [-0.39, 0.29) is 12.2 Å². The van der Waals surface area contributed by atoms with Gasteiger partial charge in [-0.25, -0.2) is 0 Å². The van der Waals surface area contributed by atoms with E-state index in [1.54, 1.807) is 0 Å². The molecule has 0 heterocycles. The number of hydrogen-bond acceptors (Lipinski definition) is 6. The van der Waals surface area contributed by atoms with Crippen LogP contribution in [0.1, 0.15) is 0 Å². The topological polar surface area (TPSA) is 143 Å². The van der Waals surface area contributed by atoms with E-state index in [0.29, 0.717) is 0 Å². The van der Waals surface area contributed by atoms with Gasteiger partial charge in [0.05, 0.1) is 0 Å². The molecule has 0 amide bonds. The van der Waals surface area contributed by atoms with Crippen LogP contribution in [0.2, 0.25) is 0 Å². The lowest BCUT2D eigenvalue weighted by atomic mass is 10.5. The van der Waals surface area contributed by atoms with Crippen molar-refractivity contribution in [2.24, 2.45) is 0 Å². The molecule has 0 aromatic heterocycles. The van der Waals surface area contributed by atoms with Crippen LogP contribution in [0.4, 0.5) is 0 Å². The van der Waals surface area contributed by atoms with Gasteiger partial charge in [0.25, 0.3) is 10.2 Å². The highest BCUT2D eigenvalue weighted by Gasteiger charge is 2.18. The van der Waals surface area contributed by atoms with Crippen molar-refractivity contribution in [2.45, 2.75) is 0 Å². The van der Waals surface area contributed by atoms with Gasteiger partial charge in [0.2, 0.25) is 0 Å². The van der Waals surface area contributed by atoms with Crippen molar-refractivity contribution < 1.29 is 35.5 Å². The first-order valence-corrected chi connectivity index (χ1v) is 5.64. The summed E-state index contributed by atoms with van der Waals surface area (Å²) in [6, 6.07) is 0. The van der Waals surface area contributed by atoms with Gasteiger partial charge in [0.1, 0.15) is 0 Å². The first-order valence-electron chi connectivity index (χ1n) is 2.76. The quantitative estimate of drug-likeness (QED) is 0.435. The highest BCUT2D eigenvalue weighted by atomic mass is 32.2. The lowest BCUT2D eigenvalue weighted by Gasteiger charge is -1.88. The van der Waals surface area contributed by atoms with Gasteiger partial charge in [-0.05, 0) is 0 Å².